The monoisotopic (exact) mass is 107 g/mol. The predicted octanol–water partition coefficient (Wildman–Crippen LogP) is -0.950. The summed E-state index contributed by atoms with van der Waals surface area (Å²) in [6.45, 7) is -2.53. The second kappa shape index (κ2) is 3.58. The number of nitrogens with two attached hydrogens (primary N) is 1. The van der Waals surface area contributed by atoms with E-state index in [4.69, 9.17) is 2.74 Å². The minimum Gasteiger partial charge on any atom is -0.467 e. The lowest BCUT2D eigenvalue weighted by Crippen LogP contribution is -2.13. The summed E-state index contributed by atoms with van der Waals surface area (Å²) in [5, 5.41) is 0. The summed E-state index contributed by atoms with van der Waals surface area (Å²) in [6.07, 6.45) is 0. The van der Waals surface area contributed by atoms with E-state index in [-0.39, 0.29) is 0 Å². The van der Waals surface area contributed by atoms with Crippen LogP contribution in [0.1, 0.15) is 2.74 Å². The van der Waals surface area contributed by atoms with Crippen LogP contribution < -0.4 is 5.90 Å². The third kappa shape index (κ3) is 3.21. The molecule has 4 heteroatoms. The van der Waals surface area contributed by atoms with Crippen LogP contribution in [-0.2, 0) is 14.4 Å². The average Bonchev–Trinajstić information content (AvgIpc) is 1.86. The molecule has 0 aromatic carbocycles. The minimum atomic E-state index is -2.53. The third-order valence-corrected chi connectivity index (χ3v) is 0.328. The van der Waals surface area contributed by atoms with Gasteiger partial charge in [0.15, 0.2) is 6.56 Å². The van der Waals surface area contributed by atoms with Crippen molar-refractivity contribution in [1.82, 2.24) is 0 Å². The second-order valence-corrected chi connectivity index (χ2v) is 0.711. The van der Waals surface area contributed by atoms with Gasteiger partial charge in [-0.15, -0.1) is 0 Å². The average molecular weight is 107 g/mol. The number of hydrogen-bond donors (Lipinski definition) is 1. The van der Waals surface area contributed by atoms with Crippen molar-refractivity contribution in [3.8, 4) is 0 Å². The summed E-state index contributed by atoms with van der Waals surface area (Å²) in [5.41, 5.74) is 0. The lowest BCUT2D eigenvalue weighted by Gasteiger charge is -1.92. The molecule has 0 unspecified atom stereocenters. The van der Waals surface area contributed by atoms with Crippen molar-refractivity contribution in [2.45, 2.75) is 0 Å². The first kappa shape index (κ1) is 3.40. The highest BCUT2D eigenvalue weighted by Crippen LogP contribution is 1.68. The van der Waals surface area contributed by atoms with Crippen molar-refractivity contribution >= 4 is 5.97 Å². The van der Waals surface area contributed by atoms with Gasteiger partial charge in [0.2, 0.25) is 0 Å². The van der Waals surface area contributed by atoms with Gasteiger partial charge < -0.3 is 4.74 Å². The Hall–Kier alpha value is -0.610. The Bertz CT molecular complexity index is 116. The van der Waals surface area contributed by atoms with Crippen LogP contribution in [0.3, 0.4) is 0 Å². The lowest BCUT2D eigenvalue weighted by molar-refractivity contribution is -0.146. The van der Waals surface area contributed by atoms with Crippen LogP contribution in [0.15, 0.2) is 0 Å². The molecule has 0 heterocycles. The number of esters is 1. The van der Waals surface area contributed by atoms with Gasteiger partial charge in [0.25, 0.3) is 0 Å². The van der Waals surface area contributed by atoms with Crippen LogP contribution in [0.25, 0.3) is 0 Å². The Labute approximate surface area is 44.0 Å². The van der Waals surface area contributed by atoms with Crippen molar-refractivity contribution in [2.24, 2.45) is 5.90 Å². The van der Waals surface area contributed by atoms with E-state index >= 15 is 0 Å². The first-order chi connectivity index (χ1) is 4.04. The van der Waals surface area contributed by atoms with Crippen molar-refractivity contribution in [3.63, 3.8) is 0 Å². The van der Waals surface area contributed by atoms with Gasteiger partial charge in [-0.2, -0.15) is 0 Å². The first-order valence-electron chi connectivity index (χ1n) is 2.51. The molecule has 42 valence electrons. The summed E-state index contributed by atoms with van der Waals surface area (Å²) >= 11 is 0. The van der Waals surface area contributed by atoms with E-state index in [9.17, 15) is 4.79 Å². The van der Waals surface area contributed by atoms with Gasteiger partial charge >= 0.3 is 5.97 Å². The standard InChI is InChI=1S/C3H7NO3/c1-6-3(5)2-7-4/h2,4H2,1H3/i2D2. The number of hydrogen-bond acceptors (Lipinski definition) is 4. The third-order valence-electron chi connectivity index (χ3n) is 0.328. The van der Waals surface area contributed by atoms with Gasteiger partial charge in [-0.05, 0) is 0 Å². The number of carbonyl (C=O) groups is 1. The molecule has 0 saturated heterocycles. The molecule has 0 aromatic rings. The van der Waals surface area contributed by atoms with Crippen LogP contribution in [0.5, 0.6) is 0 Å². The molecule has 0 spiro atoms. The van der Waals surface area contributed by atoms with Gasteiger partial charge in [0.1, 0.15) is 0 Å². The molecule has 2 N–H and O–H groups in total. The smallest absolute Gasteiger partial charge is 0.333 e. The highest BCUT2D eigenvalue weighted by Gasteiger charge is 1.94. The maximum absolute atomic E-state index is 10.3. The fourth-order valence-corrected chi connectivity index (χ4v) is 0.0898. The van der Waals surface area contributed by atoms with E-state index < -0.39 is 12.5 Å². The molecule has 0 amide bonds. The lowest BCUT2D eigenvalue weighted by atomic mass is 10.7. The molecule has 4 nitrogen and oxygen atoms in total. The van der Waals surface area contributed by atoms with E-state index in [0.29, 0.717) is 0 Å². The zero-order valence-electron chi connectivity index (χ0n) is 5.80. The molecule has 0 aliphatic heterocycles. The fourth-order valence-electron chi connectivity index (χ4n) is 0.0898. The van der Waals surface area contributed by atoms with Crippen LogP contribution in [0.4, 0.5) is 0 Å². The Morgan fingerprint density at radius 1 is 2.14 bits per heavy atom. The van der Waals surface area contributed by atoms with Crippen LogP contribution in [0, 0.1) is 0 Å². The largest absolute Gasteiger partial charge is 0.467 e. The maximum atomic E-state index is 10.3. The Kier molecular flexibility index (Phi) is 1.74. The number of methoxy groups -OCH3 is 1. The normalized spacial score (nSPS) is 14.6. The highest BCUT2D eigenvalue weighted by molar-refractivity contribution is 5.70. The van der Waals surface area contributed by atoms with E-state index in [1.807, 2.05) is 0 Å². The topological polar surface area (TPSA) is 61.5 Å². The molecule has 0 aliphatic carbocycles. The van der Waals surface area contributed by atoms with Crippen LogP contribution in [0.2, 0.25) is 0 Å². The van der Waals surface area contributed by atoms with Crippen LogP contribution in [-0.4, -0.2) is 19.6 Å². The Morgan fingerprint density at radius 3 is 2.86 bits per heavy atom. The Balaban J connectivity index is 3.97. The van der Waals surface area contributed by atoms with Gasteiger partial charge in [0.05, 0.1) is 9.85 Å². The molecule has 7 heavy (non-hydrogen) atoms. The minimum absolute atomic E-state index is 1.04. The molecule has 0 fully saturated rings. The SMILES string of the molecule is [2H]C([2H])(ON)C(=O)OC. The predicted molar refractivity (Wildman–Crippen MR) is 22.2 cm³/mol. The summed E-state index contributed by atoms with van der Waals surface area (Å²) in [6, 6.07) is 0. The molecule has 0 saturated carbocycles. The molecule has 0 radical (unpaired) electrons. The zero-order valence-corrected chi connectivity index (χ0v) is 3.80. The van der Waals surface area contributed by atoms with E-state index in [1.165, 1.54) is 0 Å². The van der Waals surface area contributed by atoms with Crippen molar-refractivity contribution in [2.75, 3.05) is 13.7 Å². The van der Waals surface area contributed by atoms with Crippen molar-refractivity contribution < 1.29 is 17.1 Å². The quantitative estimate of drug-likeness (QED) is 0.365. The number of ether oxygens (including phenoxy) is 1. The van der Waals surface area contributed by atoms with Gasteiger partial charge in [0, 0.05) is 0 Å². The summed E-state index contributed by atoms with van der Waals surface area (Å²) in [4.78, 5) is 13.9. The molecular formula is C3H7NO3. The second-order valence-electron chi connectivity index (χ2n) is 0.711. The zero-order chi connectivity index (χ0) is 7.49. The summed E-state index contributed by atoms with van der Waals surface area (Å²) < 4.78 is 17.2. The van der Waals surface area contributed by atoms with Crippen molar-refractivity contribution in [1.29, 1.82) is 0 Å². The van der Waals surface area contributed by atoms with E-state index in [1.54, 1.807) is 0 Å². The molecule has 0 atom stereocenters. The highest BCUT2D eigenvalue weighted by atomic mass is 16.6. The molecule has 0 rings (SSSR count). The Morgan fingerprint density at radius 2 is 2.71 bits per heavy atom. The summed E-state index contributed by atoms with van der Waals surface area (Å²) in [5.74, 6) is 3.26. The number of rotatable bonds is 2. The molecule has 0 aromatic heterocycles. The van der Waals surface area contributed by atoms with Gasteiger partial charge in [-0.1, -0.05) is 0 Å². The first-order valence-corrected chi connectivity index (χ1v) is 1.51. The number of carbonyl (C=O) groups excluding carboxylic acids is 1. The van der Waals surface area contributed by atoms with Crippen LogP contribution >= 0.6 is 0 Å². The molecule has 0 aliphatic rings. The van der Waals surface area contributed by atoms with E-state index in [0.717, 1.165) is 7.11 Å². The maximum Gasteiger partial charge on any atom is 0.333 e. The van der Waals surface area contributed by atoms with Crippen molar-refractivity contribution in [3.05, 3.63) is 0 Å². The summed E-state index contributed by atoms with van der Waals surface area (Å²) in [7, 11) is 1.04. The van der Waals surface area contributed by atoms with Gasteiger partial charge in [-0.3, -0.25) is 4.84 Å². The molecular weight excluding hydrogens is 98.0 g/mol. The van der Waals surface area contributed by atoms with Gasteiger partial charge in [-0.25, -0.2) is 10.7 Å². The fraction of sp³-hybridized carbons (Fsp3) is 0.667. The van der Waals surface area contributed by atoms with E-state index in [2.05, 4.69) is 15.5 Å². The molecule has 0 bridgehead atoms.